The van der Waals surface area contributed by atoms with Crippen molar-refractivity contribution in [2.75, 3.05) is 13.7 Å². The predicted octanol–water partition coefficient (Wildman–Crippen LogP) is 4.77. The van der Waals surface area contributed by atoms with E-state index in [0.29, 0.717) is 18.8 Å². The Hall–Kier alpha value is -2.79. The minimum Gasteiger partial charge on any atom is -0.481 e. The van der Waals surface area contributed by atoms with E-state index in [1.54, 1.807) is 6.92 Å². The highest BCUT2D eigenvalue weighted by Gasteiger charge is 2.84. The number of aliphatic carboxylic acids is 1. The number of carbonyl (C=O) groups is 3. The Bertz CT molecular complexity index is 1330. The Morgan fingerprint density at radius 2 is 1.84 bits per heavy atom. The lowest BCUT2D eigenvalue weighted by Gasteiger charge is -2.58. The van der Waals surface area contributed by atoms with Crippen LogP contribution in [0.5, 0.6) is 0 Å². The summed E-state index contributed by atoms with van der Waals surface area (Å²) in [6.45, 7) is 7.90. The van der Waals surface area contributed by atoms with Gasteiger partial charge in [-0.25, -0.2) is 4.79 Å². The van der Waals surface area contributed by atoms with E-state index < -0.39 is 59.1 Å². The van der Waals surface area contributed by atoms with Crippen molar-refractivity contribution in [1.82, 2.24) is 0 Å². The van der Waals surface area contributed by atoms with Crippen LogP contribution >= 0.6 is 0 Å². The molecule has 0 amide bonds. The Morgan fingerprint density at radius 1 is 1.11 bits per heavy atom. The Balaban J connectivity index is 1.27. The van der Waals surface area contributed by atoms with Crippen LogP contribution in [0.1, 0.15) is 58.9 Å². The Morgan fingerprint density at radius 3 is 2.49 bits per heavy atom. The summed E-state index contributed by atoms with van der Waals surface area (Å²) in [6, 6.07) is 9.16. The molecule has 0 aromatic heterocycles. The maximum Gasteiger partial charge on any atom is 0.509 e. The second-order valence-corrected chi connectivity index (χ2v) is 14.3. The molecular weight excluding hydrogens is 580 g/mol. The molecule has 4 fully saturated rings. The molecule has 4 bridgehead atoms. The highest BCUT2D eigenvalue weighted by Crippen LogP contribution is 2.82. The molecule has 1 aromatic carbocycles. The third-order valence-corrected chi connectivity index (χ3v) is 12.1. The number of carbonyl (C=O) groups excluding carboxylic acids is 2. The highest BCUT2D eigenvalue weighted by molar-refractivity contribution is 5.90. The lowest BCUT2D eigenvalue weighted by molar-refractivity contribution is -0.307. The number of hydrogen-bond acceptors (Lipinski definition) is 9. The predicted molar refractivity (Wildman–Crippen MR) is 161 cm³/mol. The van der Waals surface area contributed by atoms with Crippen molar-refractivity contribution >= 4 is 18.4 Å². The molecule has 5 unspecified atom stereocenters. The molecule has 10 nitrogen and oxygen atoms in total. The zero-order chi connectivity index (χ0) is 32.3. The number of aliphatic hydroxyl groups is 1. The first-order chi connectivity index (χ1) is 21.5. The fourth-order valence-electron chi connectivity index (χ4n) is 10.3. The van der Waals surface area contributed by atoms with Gasteiger partial charge in [-0.05, 0) is 61.3 Å². The van der Waals surface area contributed by atoms with Gasteiger partial charge in [0.2, 0.25) is 0 Å². The van der Waals surface area contributed by atoms with Crippen LogP contribution in [0.3, 0.4) is 0 Å². The van der Waals surface area contributed by atoms with Crippen LogP contribution < -0.4 is 0 Å². The molecule has 6 rings (SSSR count). The van der Waals surface area contributed by atoms with Gasteiger partial charge in [-0.15, -0.1) is 0 Å². The molecule has 1 saturated heterocycles. The number of allylic oxidation sites excluding steroid dienone is 1. The summed E-state index contributed by atoms with van der Waals surface area (Å²) < 4.78 is 29.0. The summed E-state index contributed by atoms with van der Waals surface area (Å²) >= 11 is 0. The van der Waals surface area contributed by atoms with Gasteiger partial charge in [-0.1, -0.05) is 69.2 Å². The standard InChI is InChI=1S/C35H46O10/c1-19(2)26-13-23-14-33(17-36)25-12-11-20(3)24(25)15-34(23,35(26,33)31(38)39)18-43-30-27(37)29(28(41-5)21(4)44-30)45-32(40)42-16-22-9-7-6-8-10-22/h6-10,13,17,19-21,23-25,27-30,37H,11-12,14-16,18H2,1-5H3,(H,38,39)/t20-,21-,23?,24-,25-,27?,28-,29+,30-,33?,34?,35?/m1/s1. The first-order valence-electron chi connectivity index (χ1n) is 16.2. The molecule has 1 heterocycles. The number of carboxylic acids is 1. The van der Waals surface area contributed by atoms with Gasteiger partial charge in [-0.3, -0.25) is 4.79 Å². The molecule has 0 radical (unpaired) electrons. The number of aliphatic hydroxyl groups excluding tert-OH is 1. The van der Waals surface area contributed by atoms with Crippen molar-refractivity contribution in [3.63, 3.8) is 0 Å². The summed E-state index contributed by atoms with van der Waals surface area (Å²) in [5.74, 6) is -0.658. The number of hydrogen-bond donors (Lipinski definition) is 2. The second kappa shape index (κ2) is 11.8. The first kappa shape index (κ1) is 32.2. The highest BCUT2D eigenvalue weighted by atomic mass is 16.8. The molecule has 3 saturated carbocycles. The molecule has 0 spiro atoms. The minimum atomic E-state index is -1.44. The fraction of sp³-hybridized carbons (Fsp3) is 0.686. The molecule has 246 valence electrons. The summed E-state index contributed by atoms with van der Waals surface area (Å²) in [5.41, 5.74) is -1.74. The maximum atomic E-state index is 13.7. The van der Waals surface area contributed by atoms with Gasteiger partial charge in [0.1, 0.15) is 30.5 Å². The summed E-state index contributed by atoms with van der Waals surface area (Å²) in [7, 11) is 1.44. The fourth-order valence-corrected chi connectivity index (χ4v) is 10.3. The van der Waals surface area contributed by atoms with Crippen LogP contribution in [0, 0.1) is 45.8 Å². The number of ether oxygens (including phenoxy) is 5. The van der Waals surface area contributed by atoms with Crippen molar-refractivity contribution in [1.29, 1.82) is 0 Å². The van der Waals surface area contributed by atoms with E-state index in [1.165, 1.54) is 7.11 Å². The lowest BCUT2D eigenvalue weighted by atomic mass is 9.43. The smallest absolute Gasteiger partial charge is 0.481 e. The number of aldehydes is 1. The van der Waals surface area contributed by atoms with Crippen molar-refractivity contribution < 1.29 is 48.3 Å². The van der Waals surface area contributed by atoms with E-state index in [4.69, 9.17) is 23.7 Å². The van der Waals surface area contributed by atoms with Crippen molar-refractivity contribution in [2.24, 2.45) is 45.8 Å². The van der Waals surface area contributed by atoms with E-state index in [9.17, 15) is 24.6 Å². The van der Waals surface area contributed by atoms with E-state index in [-0.39, 0.29) is 36.9 Å². The van der Waals surface area contributed by atoms with E-state index in [0.717, 1.165) is 30.3 Å². The van der Waals surface area contributed by atoms with Gasteiger partial charge in [0.05, 0.1) is 18.1 Å². The van der Waals surface area contributed by atoms with E-state index >= 15 is 0 Å². The molecular formula is C35H46O10. The number of rotatable bonds is 10. The first-order valence-corrected chi connectivity index (χ1v) is 16.2. The molecule has 12 atom stereocenters. The van der Waals surface area contributed by atoms with Gasteiger partial charge < -0.3 is 38.7 Å². The minimum absolute atomic E-state index is 0.000332. The zero-order valence-electron chi connectivity index (χ0n) is 26.7. The number of carboxylic acid groups (broad SMARTS) is 1. The van der Waals surface area contributed by atoms with Crippen LogP contribution in [0.25, 0.3) is 0 Å². The normalized spacial score (nSPS) is 43.1. The Kier molecular flexibility index (Phi) is 8.42. The zero-order valence-corrected chi connectivity index (χ0v) is 26.7. The van der Waals surface area contributed by atoms with Gasteiger partial charge >= 0.3 is 12.1 Å². The number of benzene rings is 1. The van der Waals surface area contributed by atoms with E-state index in [2.05, 4.69) is 13.0 Å². The molecule has 5 aliphatic rings. The summed E-state index contributed by atoms with van der Waals surface area (Å²) in [5, 5.41) is 22.7. The molecule has 1 aliphatic heterocycles. The van der Waals surface area contributed by atoms with E-state index in [1.807, 2.05) is 44.2 Å². The summed E-state index contributed by atoms with van der Waals surface area (Å²) in [6.07, 6.45) is -0.271. The third kappa shape index (κ3) is 4.53. The topological polar surface area (TPSA) is 138 Å². The second-order valence-electron chi connectivity index (χ2n) is 14.3. The van der Waals surface area contributed by atoms with Crippen molar-refractivity contribution in [2.45, 2.75) is 90.7 Å². The lowest BCUT2D eigenvalue weighted by Crippen LogP contribution is -2.64. The van der Waals surface area contributed by atoms with Gasteiger partial charge in [0.15, 0.2) is 12.4 Å². The van der Waals surface area contributed by atoms with Crippen LogP contribution in [-0.4, -0.2) is 73.0 Å². The average Bonchev–Trinajstić information content (AvgIpc) is 3.59. The molecule has 1 aromatic rings. The van der Waals surface area contributed by atoms with Crippen LogP contribution in [0.2, 0.25) is 0 Å². The molecule has 2 N–H and O–H groups in total. The molecule has 4 aliphatic carbocycles. The van der Waals surface area contributed by atoms with Crippen LogP contribution in [0.4, 0.5) is 4.79 Å². The van der Waals surface area contributed by atoms with Gasteiger partial charge in [0.25, 0.3) is 0 Å². The SMILES string of the molecule is CO[C@@H]1[C@@H](C)O[C@@H](OCC23C[C@@H]4[C@H](C)CC[C@H]4C4(C=O)CC2C=C(C(C)C)C34C(=O)O)C(O)[C@@H]1OC(=O)OCc1ccccc1. The number of fused-ring (bicyclic) bond motifs is 2. The average molecular weight is 627 g/mol. The molecule has 10 heteroatoms. The monoisotopic (exact) mass is 626 g/mol. The largest absolute Gasteiger partial charge is 0.509 e. The van der Waals surface area contributed by atoms with Crippen LogP contribution in [0.15, 0.2) is 42.0 Å². The van der Waals surface area contributed by atoms with Gasteiger partial charge in [-0.2, -0.15) is 0 Å². The Labute approximate surface area is 264 Å². The van der Waals surface area contributed by atoms with Crippen molar-refractivity contribution in [3.05, 3.63) is 47.5 Å². The summed E-state index contributed by atoms with van der Waals surface area (Å²) in [4.78, 5) is 39.7. The third-order valence-electron chi connectivity index (χ3n) is 12.1. The quantitative estimate of drug-likeness (QED) is 0.212. The maximum absolute atomic E-state index is 13.7. The van der Waals surface area contributed by atoms with Crippen molar-refractivity contribution in [3.8, 4) is 0 Å². The van der Waals surface area contributed by atoms with Gasteiger partial charge in [0, 0.05) is 12.5 Å². The van der Waals surface area contributed by atoms with Crippen LogP contribution in [-0.2, 0) is 39.9 Å². The number of methoxy groups -OCH3 is 1. The molecule has 45 heavy (non-hydrogen) atoms.